The van der Waals surface area contributed by atoms with Gasteiger partial charge in [0.2, 0.25) is 0 Å². The van der Waals surface area contributed by atoms with Crippen LogP contribution in [0.25, 0.3) is 11.0 Å². The van der Waals surface area contributed by atoms with E-state index in [0.29, 0.717) is 11.0 Å². The summed E-state index contributed by atoms with van der Waals surface area (Å²) in [5.41, 5.74) is 0.910. The summed E-state index contributed by atoms with van der Waals surface area (Å²) in [5.74, 6) is 0.176. The van der Waals surface area contributed by atoms with Crippen molar-refractivity contribution in [2.45, 2.75) is 0 Å². The third-order valence-electron chi connectivity index (χ3n) is 1.88. The van der Waals surface area contributed by atoms with E-state index < -0.39 is 4.92 Å². The van der Waals surface area contributed by atoms with Crippen LogP contribution >= 0.6 is 0 Å². The number of aromatic nitrogens is 3. The van der Waals surface area contributed by atoms with Crippen molar-refractivity contribution in [3.05, 3.63) is 22.2 Å². The Hall–Kier alpha value is -1.44. The van der Waals surface area contributed by atoms with Crippen LogP contribution in [0.4, 0.5) is 5.69 Å². The summed E-state index contributed by atoms with van der Waals surface area (Å²) in [6, 6.07) is 2.82. The number of nitro groups is 1. The predicted octanol–water partition coefficient (Wildman–Crippen LogP) is 0.658. The van der Waals surface area contributed by atoms with Gasteiger partial charge < -0.3 is 0 Å². The summed E-state index contributed by atoms with van der Waals surface area (Å²) in [5, 5.41) is 18.1. The number of rotatable bonds is 2. The molecule has 0 amide bonds. The van der Waals surface area contributed by atoms with E-state index in [1.54, 1.807) is 0 Å². The van der Waals surface area contributed by atoms with Crippen LogP contribution in [-0.4, -0.2) is 25.4 Å². The van der Waals surface area contributed by atoms with Crippen LogP contribution in [0.2, 0.25) is 0 Å². The number of nitrogens with zero attached hydrogens (tertiary/aromatic N) is 4. The molecule has 1 aromatic heterocycles. The normalized spacial score (nSPS) is 10.6. The van der Waals surface area contributed by atoms with E-state index in [9.17, 15) is 10.1 Å². The topological polar surface area (TPSA) is 83.1 Å². The molecule has 2 rings (SSSR count). The summed E-state index contributed by atoms with van der Waals surface area (Å²) >= 11 is 3.13. The molecule has 0 atom stereocenters. The van der Waals surface area contributed by atoms with E-state index in [1.165, 1.54) is 22.3 Å². The molecular weight excluding hydrogens is 296 g/mol. The monoisotopic (exact) mass is 300 g/mol. The molecule has 0 aliphatic carbocycles. The molecule has 0 aliphatic heterocycles. The van der Waals surface area contributed by atoms with Gasteiger partial charge in [-0.25, -0.2) is 0 Å². The third-order valence-corrected chi connectivity index (χ3v) is 2.37. The van der Waals surface area contributed by atoms with E-state index in [4.69, 9.17) is 4.74 Å². The van der Waals surface area contributed by atoms with Crippen molar-refractivity contribution in [1.82, 2.24) is 13.4 Å². The van der Waals surface area contributed by atoms with Gasteiger partial charge in [0, 0.05) is 0 Å². The first-order chi connectivity index (χ1) is 7.13. The van der Waals surface area contributed by atoms with Crippen molar-refractivity contribution in [3.8, 4) is 5.75 Å². The fourth-order valence-electron chi connectivity index (χ4n) is 1.20. The number of benzene rings is 1. The maximum absolute atomic E-state index is 10.7. The first kappa shape index (κ1) is 10.1. The second-order valence-corrected chi connectivity index (χ2v) is 3.31. The van der Waals surface area contributed by atoms with Gasteiger partial charge in [-0.3, -0.25) is 0 Å². The molecule has 0 unspecified atom stereocenters. The molecule has 82 valence electrons. The van der Waals surface area contributed by atoms with E-state index in [0.717, 1.165) is 0 Å². The molecule has 0 aliphatic rings. The van der Waals surface area contributed by atoms with Gasteiger partial charge in [0.1, 0.15) is 0 Å². The minimum atomic E-state index is -0.523. The summed E-state index contributed by atoms with van der Waals surface area (Å²) in [4.78, 5) is 10.2. The van der Waals surface area contributed by atoms with Crippen LogP contribution in [0.3, 0.4) is 0 Å². The van der Waals surface area contributed by atoms with E-state index >= 15 is 0 Å². The zero-order valence-electron chi connectivity index (χ0n) is 7.47. The van der Waals surface area contributed by atoms with E-state index in [1.807, 2.05) is 0 Å². The Morgan fingerprint density at radius 1 is 1.60 bits per heavy atom. The van der Waals surface area contributed by atoms with Gasteiger partial charge in [-0.2, -0.15) is 0 Å². The molecule has 0 bridgehead atoms. The van der Waals surface area contributed by atoms with Crippen LogP contribution in [0.5, 0.6) is 5.75 Å². The van der Waals surface area contributed by atoms with E-state index in [-0.39, 0.29) is 11.4 Å². The molecule has 0 fully saturated rings. The van der Waals surface area contributed by atoms with Crippen LogP contribution < -0.4 is 4.74 Å². The number of hydrogen-bond acceptors (Lipinski definition) is 5. The third kappa shape index (κ3) is 1.60. The number of methoxy groups -OCH3 is 1. The summed E-state index contributed by atoms with van der Waals surface area (Å²) in [6.45, 7) is 0. The Kier molecular flexibility index (Phi) is 2.43. The standard InChI is InChI=1S/C7H5N4O3.Ag/c1-14-7-3-5-4(8-10-9-5)2-6(7)11(12)13;/h2-3H,1H3;/q-1;+1. The zero-order chi connectivity index (χ0) is 11.0. The number of ether oxygens (including phenoxy) is 1. The van der Waals surface area contributed by atoms with Gasteiger partial charge >= 0.3 is 96.2 Å². The van der Waals surface area contributed by atoms with Crippen molar-refractivity contribution in [2.24, 2.45) is 0 Å². The first-order valence-electron chi connectivity index (χ1n) is 3.84. The summed E-state index contributed by atoms with van der Waals surface area (Å²) in [6.07, 6.45) is 0. The average molecular weight is 301 g/mol. The molecule has 15 heavy (non-hydrogen) atoms. The second kappa shape index (κ2) is 3.61. The average Bonchev–Trinajstić information content (AvgIpc) is 2.58. The predicted molar refractivity (Wildman–Crippen MR) is 46.1 cm³/mol. The Morgan fingerprint density at radius 2 is 2.33 bits per heavy atom. The molecule has 0 radical (unpaired) electrons. The van der Waals surface area contributed by atoms with Crippen molar-refractivity contribution >= 4 is 16.7 Å². The van der Waals surface area contributed by atoms with Gasteiger partial charge in [0.15, 0.2) is 0 Å². The van der Waals surface area contributed by atoms with E-state index in [2.05, 4.69) is 31.6 Å². The molecule has 1 heterocycles. The Balaban J connectivity index is 2.76. The molecule has 0 spiro atoms. The van der Waals surface area contributed by atoms with Crippen LogP contribution in [0, 0.1) is 10.1 Å². The minimum absolute atomic E-state index is 0.127. The zero-order valence-corrected chi connectivity index (χ0v) is 8.95. The van der Waals surface area contributed by atoms with Crippen molar-refractivity contribution in [1.29, 1.82) is 0 Å². The molecule has 0 N–H and O–H groups in total. The van der Waals surface area contributed by atoms with Crippen molar-refractivity contribution in [3.63, 3.8) is 0 Å². The Labute approximate surface area is 96.4 Å². The Bertz CT molecular complexity index is 538. The van der Waals surface area contributed by atoms with Crippen LogP contribution in [0.15, 0.2) is 12.1 Å². The number of nitro benzene ring substituents is 1. The fraction of sp³-hybridized carbons (Fsp3) is 0.143. The number of hydrogen-bond donors (Lipinski definition) is 0. The van der Waals surface area contributed by atoms with Gasteiger partial charge in [0.25, 0.3) is 0 Å². The summed E-state index contributed by atoms with van der Waals surface area (Å²) in [7, 11) is 1.37. The molecule has 8 heteroatoms. The molecule has 0 saturated carbocycles. The van der Waals surface area contributed by atoms with Gasteiger partial charge in [-0.15, -0.1) is 0 Å². The molecule has 0 saturated heterocycles. The maximum atomic E-state index is 10.7. The van der Waals surface area contributed by atoms with Crippen LogP contribution in [0.1, 0.15) is 0 Å². The summed E-state index contributed by atoms with van der Waals surface area (Å²) < 4.78 is 6.25. The Morgan fingerprint density at radius 3 is 2.93 bits per heavy atom. The molecule has 7 nitrogen and oxygen atoms in total. The molecule has 2 aromatic rings. The SMILES string of the molecule is COc1cc2c(cc1[N+](=O)[O-])nn[n]2[Ag]. The van der Waals surface area contributed by atoms with Gasteiger partial charge in [0.05, 0.1) is 0 Å². The molecular formula is C7H5AgN4O3. The van der Waals surface area contributed by atoms with Crippen molar-refractivity contribution < 1.29 is 31.0 Å². The first-order valence-corrected chi connectivity index (χ1v) is 4.50. The second-order valence-electron chi connectivity index (χ2n) is 2.69. The quantitative estimate of drug-likeness (QED) is 0.462. The number of fused-ring (bicyclic) bond motifs is 1. The van der Waals surface area contributed by atoms with Crippen molar-refractivity contribution in [2.75, 3.05) is 7.11 Å². The van der Waals surface area contributed by atoms with Crippen LogP contribution in [-0.2, 0) is 21.3 Å². The van der Waals surface area contributed by atoms with Gasteiger partial charge in [-0.05, 0) is 0 Å². The fourth-order valence-corrected chi connectivity index (χ4v) is 1.53. The molecule has 1 aromatic carbocycles. The van der Waals surface area contributed by atoms with Gasteiger partial charge in [-0.1, -0.05) is 0 Å².